The molecule has 0 aliphatic carbocycles. The van der Waals surface area contributed by atoms with Crippen LogP contribution in [0.25, 0.3) is 0 Å². The molecule has 1 unspecified atom stereocenters. The molecular formula is C10H15NO4. The largest absolute Gasteiger partial charge is 0.469 e. The van der Waals surface area contributed by atoms with E-state index in [-0.39, 0.29) is 36.5 Å². The van der Waals surface area contributed by atoms with Gasteiger partial charge in [0.15, 0.2) is 0 Å². The van der Waals surface area contributed by atoms with Crippen LogP contribution in [-0.4, -0.2) is 36.3 Å². The quantitative estimate of drug-likeness (QED) is 0.499. The number of likely N-dealkylation sites (tertiary alicyclic amines) is 1. The average molecular weight is 213 g/mol. The SMILES string of the molecule is COC(=O)CCCN1C(=O)CC(C)C1=O. The lowest BCUT2D eigenvalue weighted by molar-refractivity contribution is -0.143. The van der Waals surface area contributed by atoms with Crippen LogP contribution in [-0.2, 0) is 19.1 Å². The predicted molar refractivity (Wildman–Crippen MR) is 51.8 cm³/mol. The second-order valence-electron chi connectivity index (χ2n) is 3.67. The van der Waals surface area contributed by atoms with Gasteiger partial charge in [-0.15, -0.1) is 0 Å². The summed E-state index contributed by atoms with van der Waals surface area (Å²) in [6, 6.07) is 0. The fraction of sp³-hybridized carbons (Fsp3) is 0.700. The number of carbonyl (C=O) groups excluding carboxylic acids is 3. The van der Waals surface area contributed by atoms with Crippen LogP contribution in [0.1, 0.15) is 26.2 Å². The van der Waals surface area contributed by atoms with Gasteiger partial charge in [0.2, 0.25) is 11.8 Å². The summed E-state index contributed by atoms with van der Waals surface area (Å²) in [5, 5.41) is 0. The van der Waals surface area contributed by atoms with Gasteiger partial charge in [-0.25, -0.2) is 0 Å². The third kappa shape index (κ3) is 2.78. The number of ether oxygens (including phenoxy) is 1. The molecule has 1 atom stereocenters. The van der Waals surface area contributed by atoms with E-state index < -0.39 is 0 Å². The topological polar surface area (TPSA) is 63.7 Å². The number of esters is 1. The van der Waals surface area contributed by atoms with Gasteiger partial charge in [0.05, 0.1) is 7.11 Å². The minimum absolute atomic E-state index is 0.134. The second kappa shape index (κ2) is 4.91. The number of carbonyl (C=O) groups is 3. The van der Waals surface area contributed by atoms with Gasteiger partial charge in [-0.3, -0.25) is 19.3 Å². The van der Waals surface area contributed by atoms with Crippen LogP contribution in [0.2, 0.25) is 0 Å². The van der Waals surface area contributed by atoms with Crippen molar-refractivity contribution in [2.45, 2.75) is 26.2 Å². The van der Waals surface area contributed by atoms with E-state index in [0.29, 0.717) is 13.0 Å². The van der Waals surface area contributed by atoms with Crippen LogP contribution in [0.5, 0.6) is 0 Å². The summed E-state index contributed by atoms with van der Waals surface area (Å²) >= 11 is 0. The van der Waals surface area contributed by atoms with Gasteiger partial charge in [0.1, 0.15) is 0 Å². The van der Waals surface area contributed by atoms with E-state index in [4.69, 9.17) is 0 Å². The Morgan fingerprint density at radius 1 is 1.53 bits per heavy atom. The summed E-state index contributed by atoms with van der Waals surface area (Å²) in [6.07, 6.45) is 0.996. The molecule has 1 aliphatic rings. The maximum Gasteiger partial charge on any atom is 0.305 e. The normalized spacial score (nSPS) is 20.9. The lowest BCUT2D eigenvalue weighted by Crippen LogP contribution is -2.31. The Bertz CT molecular complexity index is 287. The number of imide groups is 1. The molecule has 0 aromatic heterocycles. The lowest BCUT2D eigenvalue weighted by atomic mass is 10.1. The first-order chi connectivity index (χ1) is 7.06. The van der Waals surface area contributed by atoms with Crippen LogP contribution in [0.4, 0.5) is 0 Å². The minimum Gasteiger partial charge on any atom is -0.469 e. The molecule has 5 heteroatoms. The fourth-order valence-corrected chi connectivity index (χ4v) is 1.57. The van der Waals surface area contributed by atoms with E-state index in [9.17, 15) is 14.4 Å². The molecule has 1 heterocycles. The molecule has 0 bridgehead atoms. The second-order valence-corrected chi connectivity index (χ2v) is 3.67. The van der Waals surface area contributed by atoms with Crippen molar-refractivity contribution in [1.29, 1.82) is 0 Å². The third-order valence-electron chi connectivity index (χ3n) is 2.46. The minimum atomic E-state index is -0.317. The van der Waals surface area contributed by atoms with Gasteiger partial charge < -0.3 is 4.74 Å². The van der Waals surface area contributed by atoms with Gasteiger partial charge in [-0.1, -0.05) is 6.92 Å². The van der Waals surface area contributed by atoms with Crippen molar-refractivity contribution < 1.29 is 19.1 Å². The summed E-state index contributed by atoms with van der Waals surface area (Å²) in [5.41, 5.74) is 0. The van der Waals surface area contributed by atoms with E-state index in [1.165, 1.54) is 12.0 Å². The highest BCUT2D eigenvalue weighted by molar-refractivity contribution is 6.03. The van der Waals surface area contributed by atoms with Crippen LogP contribution in [0.3, 0.4) is 0 Å². The first-order valence-corrected chi connectivity index (χ1v) is 4.97. The van der Waals surface area contributed by atoms with Gasteiger partial charge in [-0.05, 0) is 6.42 Å². The van der Waals surface area contributed by atoms with Gasteiger partial charge in [0.25, 0.3) is 0 Å². The van der Waals surface area contributed by atoms with Crippen molar-refractivity contribution in [3.05, 3.63) is 0 Å². The Morgan fingerprint density at radius 2 is 2.20 bits per heavy atom. The summed E-state index contributed by atoms with van der Waals surface area (Å²) in [7, 11) is 1.32. The van der Waals surface area contributed by atoms with Crippen molar-refractivity contribution in [2.24, 2.45) is 5.92 Å². The molecular weight excluding hydrogens is 198 g/mol. The molecule has 1 saturated heterocycles. The van der Waals surface area contributed by atoms with Gasteiger partial charge in [0, 0.05) is 25.3 Å². The molecule has 2 amide bonds. The highest BCUT2D eigenvalue weighted by Gasteiger charge is 2.34. The van der Waals surface area contributed by atoms with Crippen molar-refractivity contribution >= 4 is 17.8 Å². The molecule has 0 aromatic carbocycles. The molecule has 1 aliphatic heterocycles. The van der Waals surface area contributed by atoms with Gasteiger partial charge >= 0.3 is 5.97 Å². The molecule has 0 aromatic rings. The molecule has 84 valence electrons. The number of hydrogen-bond donors (Lipinski definition) is 0. The van der Waals surface area contributed by atoms with E-state index in [2.05, 4.69) is 4.74 Å². The fourth-order valence-electron chi connectivity index (χ4n) is 1.57. The maximum atomic E-state index is 11.4. The van der Waals surface area contributed by atoms with Gasteiger partial charge in [-0.2, -0.15) is 0 Å². The molecule has 1 rings (SSSR count). The lowest BCUT2D eigenvalue weighted by Gasteiger charge is -2.13. The third-order valence-corrected chi connectivity index (χ3v) is 2.46. The summed E-state index contributed by atoms with van der Waals surface area (Å²) in [5.74, 6) is -0.806. The number of nitrogens with zero attached hydrogens (tertiary/aromatic N) is 1. The molecule has 0 saturated carbocycles. The van der Waals surface area contributed by atoms with Crippen LogP contribution >= 0.6 is 0 Å². The number of rotatable bonds is 4. The Kier molecular flexibility index (Phi) is 3.82. The van der Waals surface area contributed by atoms with E-state index in [0.717, 1.165) is 0 Å². The summed E-state index contributed by atoms with van der Waals surface area (Å²) < 4.78 is 4.46. The first kappa shape index (κ1) is 11.7. The Labute approximate surface area is 88.4 Å². The first-order valence-electron chi connectivity index (χ1n) is 4.97. The highest BCUT2D eigenvalue weighted by Crippen LogP contribution is 2.18. The molecule has 0 spiro atoms. The van der Waals surface area contributed by atoms with E-state index in [1.807, 2.05) is 0 Å². The van der Waals surface area contributed by atoms with E-state index in [1.54, 1.807) is 6.92 Å². The van der Waals surface area contributed by atoms with Crippen LogP contribution in [0, 0.1) is 5.92 Å². The molecule has 5 nitrogen and oxygen atoms in total. The zero-order chi connectivity index (χ0) is 11.4. The Morgan fingerprint density at radius 3 is 2.67 bits per heavy atom. The summed E-state index contributed by atoms with van der Waals surface area (Å²) in [6.45, 7) is 2.05. The van der Waals surface area contributed by atoms with Crippen LogP contribution in [0.15, 0.2) is 0 Å². The molecule has 0 radical (unpaired) electrons. The predicted octanol–water partition coefficient (Wildman–Crippen LogP) is 0.335. The van der Waals surface area contributed by atoms with Crippen molar-refractivity contribution in [3.8, 4) is 0 Å². The van der Waals surface area contributed by atoms with E-state index >= 15 is 0 Å². The van der Waals surface area contributed by atoms with Crippen molar-refractivity contribution in [1.82, 2.24) is 4.90 Å². The monoisotopic (exact) mass is 213 g/mol. The number of amides is 2. The van der Waals surface area contributed by atoms with Crippen molar-refractivity contribution in [3.63, 3.8) is 0 Å². The summed E-state index contributed by atoms with van der Waals surface area (Å²) in [4.78, 5) is 34.8. The Balaban J connectivity index is 2.36. The molecule has 15 heavy (non-hydrogen) atoms. The highest BCUT2D eigenvalue weighted by atomic mass is 16.5. The number of hydrogen-bond acceptors (Lipinski definition) is 4. The standard InChI is InChI=1S/C10H15NO4/c1-7-6-8(12)11(10(7)14)5-3-4-9(13)15-2/h7H,3-6H2,1-2H3. The van der Waals surface area contributed by atoms with Crippen molar-refractivity contribution in [2.75, 3.05) is 13.7 Å². The van der Waals surface area contributed by atoms with Crippen LogP contribution < -0.4 is 0 Å². The zero-order valence-electron chi connectivity index (χ0n) is 8.99. The smallest absolute Gasteiger partial charge is 0.305 e. The zero-order valence-corrected chi connectivity index (χ0v) is 8.99. The molecule has 1 fully saturated rings. The molecule has 0 N–H and O–H groups in total. The number of methoxy groups -OCH3 is 1. The maximum absolute atomic E-state index is 11.4. The Hall–Kier alpha value is -1.39. The average Bonchev–Trinajstić information content (AvgIpc) is 2.44.